The van der Waals surface area contributed by atoms with Gasteiger partial charge in [0.05, 0.1) is 16.8 Å². The summed E-state index contributed by atoms with van der Waals surface area (Å²) >= 11 is 6.78. The fourth-order valence-corrected chi connectivity index (χ4v) is 8.84. The van der Waals surface area contributed by atoms with Gasteiger partial charge in [-0.05, 0) is 81.2 Å². The summed E-state index contributed by atoms with van der Waals surface area (Å²) in [6.07, 6.45) is 1.73. The third kappa shape index (κ3) is 10.6. The minimum atomic E-state index is -5.84. The van der Waals surface area contributed by atoms with Crippen molar-refractivity contribution in [3.8, 4) is 5.75 Å². The number of alkyl halides is 2. The molecule has 7 rings (SSSR count). The zero-order chi connectivity index (χ0) is 46.8. The van der Waals surface area contributed by atoms with Crippen molar-refractivity contribution in [2.75, 3.05) is 38.2 Å². The van der Waals surface area contributed by atoms with Gasteiger partial charge in [0.2, 0.25) is 23.6 Å². The summed E-state index contributed by atoms with van der Waals surface area (Å²) in [5.74, 6) is -2.21. The lowest BCUT2D eigenvalue weighted by molar-refractivity contribution is -0.143. The summed E-state index contributed by atoms with van der Waals surface area (Å²) < 4.78 is 46.4. The molecule has 20 nitrogen and oxygen atoms in total. The SMILES string of the molecule is CN1CC[C@H]2CC[C@@H](C(=O)N[C@@H](CCC(N)=O)COc3cccc(Cc4ccc(N5CCC(=O)NC5=O)nn4)c3Cl)N2C(=O)[C@@H](NC(=O)c2cc3cc(C(F)(F)P(=O)(O)O)ccc3[nH]2)C1. The highest BCUT2D eigenvalue weighted by Crippen LogP contribution is 2.59. The maximum absolute atomic E-state index is 14.4. The van der Waals surface area contributed by atoms with Crippen LogP contribution >= 0.6 is 19.2 Å². The molecule has 0 aliphatic carbocycles. The summed E-state index contributed by atoms with van der Waals surface area (Å²) in [6.45, 7) is 0.649. The lowest BCUT2D eigenvalue weighted by Crippen LogP contribution is -2.60. The predicted octanol–water partition coefficient (Wildman–Crippen LogP) is 2.50. The normalized spacial score (nSPS) is 20.2. The Morgan fingerprint density at radius 1 is 1.06 bits per heavy atom. The van der Waals surface area contributed by atoms with Crippen LogP contribution in [0.3, 0.4) is 0 Å². The van der Waals surface area contributed by atoms with Crippen LogP contribution in [0, 0.1) is 0 Å². The van der Waals surface area contributed by atoms with Gasteiger partial charge in [-0.3, -0.25) is 38.8 Å². The highest BCUT2D eigenvalue weighted by molar-refractivity contribution is 7.52. The molecule has 2 aromatic carbocycles. The minimum absolute atomic E-state index is 0.0761. The number of nitrogens with zero attached hydrogens (tertiary/aromatic N) is 5. The molecular weight excluding hydrogens is 897 g/mol. The number of ether oxygens (including phenoxy) is 1. The molecule has 0 saturated carbocycles. The Morgan fingerprint density at radius 2 is 1.85 bits per heavy atom. The van der Waals surface area contributed by atoms with E-state index in [0.29, 0.717) is 37.1 Å². The largest absolute Gasteiger partial charge is 0.490 e. The second kappa shape index (κ2) is 19.2. The number of rotatable bonds is 15. The van der Waals surface area contributed by atoms with Gasteiger partial charge in [0.1, 0.15) is 30.1 Å². The van der Waals surface area contributed by atoms with E-state index in [1.54, 1.807) is 37.4 Å². The highest BCUT2D eigenvalue weighted by Gasteiger charge is 2.50. The quantitative estimate of drug-likeness (QED) is 0.0845. The number of carbonyl (C=O) groups is 6. The van der Waals surface area contributed by atoms with Gasteiger partial charge in [0.15, 0.2) is 5.82 Å². The number of carbonyl (C=O) groups excluding carboxylic acids is 6. The van der Waals surface area contributed by atoms with Crippen molar-refractivity contribution in [2.45, 2.75) is 74.8 Å². The number of hydrogen-bond acceptors (Lipinski definition) is 11. The number of urea groups is 1. The molecule has 5 heterocycles. The van der Waals surface area contributed by atoms with Gasteiger partial charge in [0, 0.05) is 54.9 Å². The Kier molecular flexibility index (Phi) is 13.9. The van der Waals surface area contributed by atoms with Crippen LogP contribution in [0.15, 0.2) is 54.6 Å². The number of nitrogens with one attached hydrogen (secondary N) is 4. The molecule has 0 spiro atoms. The van der Waals surface area contributed by atoms with E-state index in [4.69, 9.17) is 22.1 Å². The van der Waals surface area contributed by atoms with Crippen molar-refractivity contribution < 1.29 is 56.6 Å². The number of H-pyrrole nitrogens is 1. The summed E-state index contributed by atoms with van der Waals surface area (Å²) in [5, 5.41) is 16.6. The maximum Gasteiger partial charge on any atom is 0.399 e. The molecule has 346 valence electrons. The van der Waals surface area contributed by atoms with E-state index in [2.05, 4.69) is 31.1 Å². The molecule has 4 atom stereocenters. The van der Waals surface area contributed by atoms with Crippen LogP contribution in [0.4, 0.5) is 19.4 Å². The molecule has 3 saturated heterocycles. The van der Waals surface area contributed by atoms with E-state index in [9.17, 15) is 51.9 Å². The van der Waals surface area contributed by atoms with Gasteiger partial charge in [-0.25, -0.2) is 4.79 Å². The standard InChI is InChI=1S/C41H46ClF2N10O10P/c1-52-15-13-27-8-10-31(54(27)39(59)30(20-52)48-37(57)29-19-23-17-24(5-9-28(23)47-29)41(43,44)65(61,62)63)38(58)46-26(6-11-33(45)55)21-64-32-4-2-3-22(36(32)42)18-25-7-12-34(51-50-25)53-16-14-35(56)49-40(53)60/h2-5,7,9,12,17,19,26-27,30-31,47H,6,8,10-11,13-16,18,20-21H2,1H3,(H2,45,55)(H,46,58)(H,48,57)(H,49,56,60)(H2,61,62,63)/t26-,27+,30-,31-/m0/s1. The lowest BCUT2D eigenvalue weighted by Gasteiger charge is -2.38. The number of hydrogen-bond donors (Lipinski definition) is 7. The fraction of sp³-hybridized carbons (Fsp3) is 0.415. The van der Waals surface area contributed by atoms with Crippen LogP contribution in [0.1, 0.15) is 65.8 Å². The number of aromatic amines is 1. The zero-order valence-electron chi connectivity index (χ0n) is 34.8. The topological polar surface area (TPSA) is 283 Å². The Balaban J connectivity index is 1.02. The Hall–Kier alpha value is -6.06. The van der Waals surface area contributed by atoms with Crippen LogP contribution in [-0.2, 0) is 35.8 Å². The molecule has 4 aromatic rings. The summed E-state index contributed by atoms with van der Waals surface area (Å²) in [4.78, 5) is 103. The number of anilines is 1. The van der Waals surface area contributed by atoms with Crippen molar-refractivity contribution in [3.05, 3.63) is 82.1 Å². The molecule has 7 amide bonds. The summed E-state index contributed by atoms with van der Waals surface area (Å²) in [5.41, 5.74) is 1.36. The van der Waals surface area contributed by atoms with Crippen molar-refractivity contribution >= 4 is 71.5 Å². The van der Waals surface area contributed by atoms with E-state index >= 15 is 0 Å². The summed E-state index contributed by atoms with van der Waals surface area (Å²) in [7, 11) is -4.06. The molecule has 8 N–H and O–H groups in total. The van der Waals surface area contributed by atoms with Crippen LogP contribution < -0.4 is 31.3 Å². The maximum atomic E-state index is 14.4. The van der Waals surface area contributed by atoms with Gasteiger partial charge in [0.25, 0.3) is 5.91 Å². The van der Waals surface area contributed by atoms with Crippen LogP contribution in [-0.4, -0.2) is 128 Å². The van der Waals surface area contributed by atoms with Gasteiger partial charge in [-0.2, -0.15) is 13.9 Å². The molecule has 2 aromatic heterocycles. The third-order valence-electron chi connectivity index (χ3n) is 11.6. The predicted molar refractivity (Wildman–Crippen MR) is 229 cm³/mol. The van der Waals surface area contributed by atoms with Gasteiger partial charge >= 0.3 is 19.3 Å². The summed E-state index contributed by atoms with van der Waals surface area (Å²) in [6, 6.07) is 8.73. The second-order valence-corrected chi connectivity index (χ2v) is 18.2. The first-order valence-electron chi connectivity index (χ1n) is 20.6. The zero-order valence-corrected chi connectivity index (χ0v) is 36.5. The first kappa shape index (κ1) is 46.9. The first-order valence-corrected chi connectivity index (χ1v) is 22.6. The molecule has 0 bridgehead atoms. The van der Waals surface area contributed by atoms with E-state index < -0.39 is 66.6 Å². The number of halogens is 3. The molecular formula is C41H46ClF2N10O10P. The monoisotopic (exact) mass is 942 g/mol. The number of aromatic nitrogens is 3. The second-order valence-electron chi connectivity index (χ2n) is 16.2. The highest BCUT2D eigenvalue weighted by atomic mass is 35.5. The van der Waals surface area contributed by atoms with Gasteiger partial charge in [-0.15, -0.1) is 5.10 Å². The number of likely N-dealkylation sites (N-methyl/N-ethyl adjacent to an activating group) is 1. The fourth-order valence-electron chi connectivity index (χ4n) is 8.12. The Labute approximate surface area is 374 Å². The smallest absolute Gasteiger partial charge is 0.399 e. The minimum Gasteiger partial charge on any atom is -0.490 e. The first-order chi connectivity index (χ1) is 30.8. The molecule has 3 aliphatic rings. The van der Waals surface area contributed by atoms with Crippen LogP contribution in [0.5, 0.6) is 5.75 Å². The number of fused-ring (bicyclic) bond motifs is 2. The van der Waals surface area contributed by atoms with Crippen molar-refractivity contribution in [1.29, 1.82) is 0 Å². The number of amides is 7. The molecule has 65 heavy (non-hydrogen) atoms. The van der Waals surface area contributed by atoms with Crippen molar-refractivity contribution in [2.24, 2.45) is 5.73 Å². The van der Waals surface area contributed by atoms with Crippen molar-refractivity contribution in [1.82, 2.24) is 40.9 Å². The average molecular weight is 943 g/mol. The molecule has 3 aliphatic heterocycles. The molecule has 3 fully saturated rings. The van der Waals surface area contributed by atoms with Gasteiger partial charge < -0.3 is 45.7 Å². The average Bonchev–Trinajstić information content (AvgIpc) is 3.88. The number of imide groups is 1. The molecule has 0 unspecified atom stereocenters. The molecule has 24 heteroatoms. The Morgan fingerprint density at radius 3 is 2.55 bits per heavy atom. The third-order valence-corrected chi connectivity index (χ3v) is 13.0. The van der Waals surface area contributed by atoms with Crippen LogP contribution in [0.2, 0.25) is 5.02 Å². The number of primary amides is 1. The molecule has 0 radical (unpaired) electrons. The van der Waals surface area contributed by atoms with E-state index in [1.807, 2.05) is 4.90 Å². The number of nitrogens with two attached hydrogens (primary N) is 1. The van der Waals surface area contributed by atoms with Gasteiger partial charge in [-0.1, -0.05) is 29.8 Å². The Bertz CT molecular complexity index is 2560. The van der Waals surface area contributed by atoms with Crippen LogP contribution in [0.25, 0.3) is 10.9 Å². The number of benzene rings is 2. The lowest BCUT2D eigenvalue weighted by atomic mass is 10.1. The van der Waals surface area contributed by atoms with Crippen molar-refractivity contribution in [3.63, 3.8) is 0 Å². The van der Waals surface area contributed by atoms with E-state index in [-0.39, 0.29) is 90.5 Å². The van der Waals surface area contributed by atoms with E-state index in [1.165, 1.54) is 15.9 Å². The van der Waals surface area contributed by atoms with E-state index in [0.717, 1.165) is 18.2 Å².